The van der Waals surface area contributed by atoms with Crippen molar-refractivity contribution in [2.75, 3.05) is 0 Å². The van der Waals surface area contributed by atoms with Crippen LogP contribution in [0.3, 0.4) is 0 Å². The van der Waals surface area contributed by atoms with Crippen molar-refractivity contribution in [3.05, 3.63) is 35.4 Å². The Hall–Kier alpha value is -1.33. The van der Waals surface area contributed by atoms with Crippen molar-refractivity contribution in [1.29, 1.82) is 5.26 Å². The van der Waals surface area contributed by atoms with Crippen LogP contribution < -0.4 is 0 Å². The van der Waals surface area contributed by atoms with Crippen LogP contribution in [-0.2, 0) is 12.8 Å². The summed E-state index contributed by atoms with van der Waals surface area (Å²) in [6.07, 6.45) is 3.91. The van der Waals surface area contributed by atoms with Gasteiger partial charge in [-0.1, -0.05) is 37.6 Å². The van der Waals surface area contributed by atoms with Gasteiger partial charge in [-0.05, 0) is 43.7 Å². The third-order valence-electron chi connectivity index (χ3n) is 4.41. The Bertz CT molecular complexity index is 472. The van der Waals surface area contributed by atoms with E-state index in [1.807, 2.05) is 19.1 Å². The summed E-state index contributed by atoms with van der Waals surface area (Å²) in [4.78, 5) is 0. The van der Waals surface area contributed by atoms with Crippen molar-refractivity contribution in [2.45, 2.75) is 51.6 Å². The molecule has 2 nitrogen and oxygen atoms in total. The molecule has 18 heavy (non-hydrogen) atoms. The monoisotopic (exact) mass is 243 g/mol. The molecule has 0 saturated carbocycles. The molecule has 1 aromatic rings. The fourth-order valence-corrected chi connectivity index (χ4v) is 3.14. The Morgan fingerprint density at radius 1 is 1.39 bits per heavy atom. The van der Waals surface area contributed by atoms with Gasteiger partial charge in [-0.15, -0.1) is 0 Å². The largest absolute Gasteiger partial charge is 0.389 e. The minimum absolute atomic E-state index is 0.628. The standard InChI is InChI=1S/C16H21NO/c1-3-9-15(2,18)16(12-17)10-8-13-6-4-5-7-14(13)11-16/h4-7,18H,3,8-11H2,1-2H3. The van der Waals surface area contributed by atoms with Gasteiger partial charge in [0.1, 0.15) is 0 Å². The van der Waals surface area contributed by atoms with Crippen LogP contribution in [0.25, 0.3) is 0 Å². The lowest BCUT2D eigenvalue weighted by Gasteiger charge is -2.43. The van der Waals surface area contributed by atoms with Crippen molar-refractivity contribution in [3.63, 3.8) is 0 Å². The van der Waals surface area contributed by atoms with E-state index >= 15 is 0 Å². The average Bonchev–Trinajstić information content (AvgIpc) is 2.37. The maximum absolute atomic E-state index is 10.7. The molecule has 0 amide bonds. The summed E-state index contributed by atoms with van der Waals surface area (Å²) in [6, 6.07) is 10.7. The third-order valence-corrected chi connectivity index (χ3v) is 4.41. The molecule has 1 aromatic carbocycles. The normalized spacial score (nSPS) is 25.9. The van der Waals surface area contributed by atoms with Crippen LogP contribution in [-0.4, -0.2) is 10.7 Å². The zero-order valence-electron chi connectivity index (χ0n) is 11.2. The summed E-state index contributed by atoms with van der Waals surface area (Å²) in [5, 5.41) is 20.3. The number of aliphatic hydroxyl groups is 1. The molecule has 2 heteroatoms. The second kappa shape index (κ2) is 4.74. The van der Waals surface area contributed by atoms with Crippen molar-refractivity contribution in [3.8, 4) is 6.07 Å². The fourth-order valence-electron chi connectivity index (χ4n) is 3.14. The van der Waals surface area contributed by atoms with Gasteiger partial charge in [-0.25, -0.2) is 0 Å². The number of benzene rings is 1. The van der Waals surface area contributed by atoms with Crippen LogP contribution >= 0.6 is 0 Å². The topological polar surface area (TPSA) is 44.0 Å². The molecule has 1 aliphatic carbocycles. The van der Waals surface area contributed by atoms with Gasteiger partial charge >= 0.3 is 0 Å². The Morgan fingerprint density at radius 2 is 2.06 bits per heavy atom. The molecule has 2 unspecified atom stereocenters. The molecule has 0 aromatic heterocycles. The number of nitrogens with zero attached hydrogens (tertiary/aromatic N) is 1. The van der Waals surface area contributed by atoms with Crippen molar-refractivity contribution in [2.24, 2.45) is 5.41 Å². The molecular formula is C16H21NO. The molecule has 0 bridgehead atoms. The number of aryl methyl sites for hydroxylation is 1. The average molecular weight is 243 g/mol. The fraction of sp³-hybridized carbons (Fsp3) is 0.562. The number of rotatable bonds is 3. The summed E-state index contributed by atoms with van der Waals surface area (Å²) < 4.78 is 0. The van der Waals surface area contributed by atoms with Gasteiger partial charge in [0.15, 0.2) is 0 Å². The van der Waals surface area contributed by atoms with Gasteiger partial charge in [-0.3, -0.25) is 0 Å². The second-order valence-corrected chi connectivity index (χ2v) is 5.66. The van der Waals surface area contributed by atoms with Crippen molar-refractivity contribution >= 4 is 0 Å². The number of fused-ring (bicyclic) bond motifs is 1. The highest BCUT2D eigenvalue weighted by molar-refractivity contribution is 5.34. The lowest BCUT2D eigenvalue weighted by Crippen LogP contribution is -2.48. The molecule has 0 heterocycles. The molecule has 0 aliphatic heterocycles. The number of hydrogen-bond acceptors (Lipinski definition) is 2. The zero-order valence-corrected chi connectivity index (χ0v) is 11.2. The van der Waals surface area contributed by atoms with E-state index in [4.69, 9.17) is 0 Å². The van der Waals surface area contributed by atoms with Crippen LogP contribution in [0.4, 0.5) is 0 Å². The van der Waals surface area contributed by atoms with Gasteiger partial charge in [-0.2, -0.15) is 5.26 Å². The molecule has 0 fully saturated rings. The van der Waals surface area contributed by atoms with Crippen molar-refractivity contribution < 1.29 is 5.11 Å². The molecule has 0 spiro atoms. The van der Waals surface area contributed by atoms with Crippen LogP contribution in [0.1, 0.15) is 44.2 Å². The van der Waals surface area contributed by atoms with Gasteiger partial charge in [0, 0.05) is 0 Å². The van der Waals surface area contributed by atoms with Crippen LogP contribution in [0.2, 0.25) is 0 Å². The molecule has 1 N–H and O–H groups in total. The summed E-state index contributed by atoms with van der Waals surface area (Å²) in [6.45, 7) is 3.88. The van der Waals surface area contributed by atoms with E-state index in [0.29, 0.717) is 12.8 Å². The lowest BCUT2D eigenvalue weighted by molar-refractivity contribution is -0.0535. The zero-order chi connectivity index (χ0) is 13.2. The number of nitriles is 1. The first-order chi connectivity index (χ1) is 8.54. The van der Waals surface area contributed by atoms with E-state index in [9.17, 15) is 10.4 Å². The predicted octanol–water partition coefficient (Wildman–Crippen LogP) is 3.24. The van der Waals surface area contributed by atoms with Gasteiger partial charge < -0.3 is 5.11 Å². The highest BCUT2D eigenvalue weighted by Gasteiger charge is 2.48. The summed E-state index contributed by atoms with van der Waals surface area (Å²) >= 11 is 0. The molecule has 1 aliphatic rings. The van der Waals surface area contributed by atoms with Crippen LogP contribution in [0, 0.1) is 16.7 Å². The maximum Gasteiger partial charge on any atom is 0.0900 e. The highest BCUT2D eigenvalue weighted by atomic mass is 16.3. The maximum atomic E-state index is 10.7. The smallest absolute Gasteiger partial charge is 0.0900 e. The first-order valence-corrected chi connectivity index (χ1v) is 6.75. The van der Waals surface area contributed by atoms with E-state index in [0.717, 1.165) is 19.3 Å². The first-order valence-electron chi connectivity index (χ1n) is 6.75. The first kappa shape index (κ1) is 13.1. The molecular weight excluding hydrogens is 222 g/mol. The third kappa shape index (κ3) is 2.04. The summed E-state index contributed by atoms with van der Waals surface area (Å²) in [5.74, 6) is 0. The number of hydrogen-bond donors (Lipinski definition) is 1. The van der Waals surface area contributed by atoms with Gasteiger partial charge in [0.05, 0.1) is 17.1 Å². The van der Waals surface area contributed by atoms with Gasteiger partial charge in [0.25, 0.3) is 0 Å². The van der Waals surface area contributed by atoms with E-state index in [1.165, 1.54) is 11.1 Å². The molecule has 2 atom stereocenters. The molecule has 0 saturated heterocycles. The van der Waals surface area contributed by atoms with Crippen LogP contribution in [0.15, 0.2) is 24.3 Å². The SMILES string of the molecule is CCCC(C)(O)C1(C#N)CCc2ccccc2C1. The Labute approximate surface area is 109 Å². The minimum Gasteiger partial charge on any atom is -0.389 e. The quantitative estimate of drug-likeness (QED) is 0.885. The Morgan fingerprint density at radius 3 is 2.67 bits per heavy atom. The summed E-state index contributed by atoms with van der Waals surface area (Å²) in [5.41, 5.74) is 1.03. The van der Waals surface area contributed by atoms with E-state index in [-0.39, 0.29) is 0 Å². The Balaban J connectivity index is 2.36. The predicted molar refractivity (Wildman–Crippen MR) is 72.0 cm³/mol. The minimum atomic E-state index is -0.899. The van der Waals surface area contributed by atoms with Crippen LogP contribution in [0.5, 0.6) is 0 Å². The molecule has 2 rings (SSSR count). The lowest BCUT2D eigenvalue weighted by atomic mass is 9.62. The second-order valence-electron chi connectivity index (χ2n) is 5.66. The van der Waals surface area contributed by atoms with E-state index in [1.54, 1.807) is 0 Å². The van der Waals surface area contributed by atoms with E-state index < -0.39 is 11.0 Å². The Kier molecular flexibility index (Phi) is 3.45. The molecule has 96 valence electrons. The highest BCUT2D eigenvalue weighted by Crippen LogP contribution is 2.45. The molecule has 0 radical (unpaired) electrons. The van der Waals surface area contributed by atoms with Gasteiger partial charge in [0.2, 0.25) is 0 Å². The van der Waals surface area contributed by atoms with E-state index in [2.05, 4.69) is 25.1 Å². The summed E-state index contributed by atoms with van der Waals surface area (Å²) in [7, 11) is 0. The van der Waals surface area contributed by atoms with Crippen molar-refractivity contribution in [1.82, 2.24) is 0 Å².